The van der Waals surface area contributed by atoms with Gasteiger partial charge in [0.05, 0.1) is 19.2 Å². The molecular formula is C33H34ClFN2O5. The number of carbonyl (C=O) groups excluding carboxylic acids is 2. The Labute approximate surface area is 250 Å². The second-order valence-electron chi connectivity index (χ2n) is 10.3. The van der Waals surface area contributed by atoms with Crippen molar-refractivity contribution in [3.05, 3.63) is 101 Å². The maximum Gasteiger partial charge on any atom is 0.290 e. The minimum absolute atomic E-state index is 0.0704. The molecule has 0 radical (unpaired) electrons. The van der Waals surface area contributed by atoms with Gasteiger partial charge in [0, 0.05) is 16.0 Å². The van der Waals surface area contributed by atoms with Crippen molar-refractivity contribution in [2.75, 3.05) is 7.11 Å². The minimum atomic E-state index is -0.829. The van der Waals surface area contributed by atoms with Crippen molar-refractivity contribution in [1.29, 1.82) is 0 Å². The SMILES string of the molecule is CCC(C)(CC)C(=O)[C@@H](Cc1ccc(-c2cc(Cl)ccc2F)cc1)NC(=O)c1cc(OCc2ccc(OC)cc2)no1. The van der Waals surface area contributed by atoms with Gasteiger partial charge in [-0.3, -0.25) is 9.59 Å². The number of methoxy groups -OCH3 is 1. The Bertz CT molecular complexity index is 1510. The molecule has 0 aliphatic heterocycles. The molecule has 220 valence electrons. The Kier molecular flexibility index (Phi) is 10.0. The Morgan fingerprint density at radius 3 is 2.31 bits per heavy atom. The predicted octanol–water partition coefficient (Wildman–Crippen LogP) is 7.46. The maximum atomic E-state index is 14.4. The lowest BCUT2D eigenvalue weighted by Gasteiger charge is -2.30. The van der Waals surface area contributed by atoms with Crippen molar-refractivity contribution in [1.82, 2.24) is 10.5 Å². The van der Waals surface area contributed by atoms with Crippen LogP contribution in [0.3, 0.4) is 0 Å². The molecule has 1 aromatic heterocycles. The predicted molar refractivity (Wildman–Crippen MR) is 159 cm³/mol. The van der Waals surface area contributed by atoms with Gasteiger partial charge in [0.2, 0.25) is 5.76 Å². The molecule has 0 saturated heterocycles. The largest absolute Gasteiger partial charge is 0.497 e. The summed E-state index contributed by atoms with van der Waals surface area (Å²) in [4.78, 5) is 26.9. The Balaban J connectivity index is 1.49. The molecule has 1 N–H and O–H groups in total. The van der Waals surface area contributed by atoms with Crippen LogP contribution in [-0.4, -0.2) is 30.0 Å². The van der Waals surface area contributed by atoms with E-state index in [1.165, 1.54) is 18.2 Å². The van der Waals surface area contributed by atoms with Gasteiger partial charge in [-0.1, -0.05) is 68.8 Å². The zero-order valence-electron chi connectivity index (χ0n) is 24.1. The van der Waals surface area contributed by atoms with E-state index in [0.29, 0.717) is 29.0 Å². The van der Waals surface area contributed by atoms with Crippen LogP contribution in [0, 0.1) is 11.2 Å². The molecule has 4 rings (SSSR count). The van der Waals surface area contributed by atoms with Crippen LogP contribution < -0.4 is 14.8 Å². The van der Waals surface area contributed by atoms with Gasteiger partial charge in [0.25, 0.3) is 11.8 Å². The smallest absolute Gasteiger partial charge is 0.290 e. The third kappa shape index (κ3) is 7.36. The zero-order chi connectivity index (χ0) is 30.3. The number of nitrogens with zero attached hydrogens (tertiary/aromatic N) is 1. The molecule has 0 unspecified atom stereocenters. The first-order chi connectivity index (χ1) is 20.1. The number of benzene rings is 3. The summed E-state index contributed by atoms with van der Waals surface area (Å²) in [5, 5.41) is 7.13. The number of Topliss-reactive ketones (excluding diaryl/α,β-unsaturated/α-hetero) is 1. The molecule has 1 heterocycles. The van der Waals surface area contributed by atoms with E-state index in [1.54, 1.807) is 25.3 Å². The average Bonchev–Trinajstić information content (AvgIpc) is 3.50. The van der Waals surface area contributed by atoms with Gasteiger partial charge >= 0.3 is 0 Å². The van der Waals surface area contributed by atoms with E-state index in [4.69, 9.17) is 25.6 Å². The van der Waals surface area contributed by atoms with E-state index in [9.17, 15) is 14.0 Å². The van der Waals surface area contributed by atoms with Crippen molar-refractivity contribution in [2.45, 2.75) is 52.7 Å². The third-order valence-electron chi connectivity index (χ3n) is 7.67. The first-order valence-electron chi connectivity index (χ1n) is 13.8. The lowest BCUT2D eigenvalue weighted by atomic mass is 9.76. The van der Waals surface area contributed by atoms with E-state index in [0.717, 1.165) is 16.9 Å². The number of carbonyl (C=O) groups is 2. The van der Waals surface area contributed by atoms with Crippen molar-refractivity contribution < 1.29 is 28.0 Å². The van der Waals surface area contributed by atoms with Crippen molar-refractivity contribution in [3.63, 3.8) is 0 Å². The van der Waals surface area contributed by atoms with Gasteiger partial charge in [0.1, 0.15) is 18.2 Å². The minimum Gasteiger partial charge on any atom is -0.497 e. The molecule has 0 fully saturated rings. The Morgan fingerprint density at radius 2 is 1.67 bits per heavy atom. The molecule has 3 aromatic carbocycles. The summed E-state index contributed by atoms with van der Waals surface area (Å²) in [7, 11) is 1.59. The Hall–Kier alpha value is -4.17. The highest BCUT2D eigenvalue weighted by atomic mass is 35.5. The highest BCUT2D eigenvalue weighted by Crippen LogP contribution is 2.30. The van der Waals surface area contributed by atoms with Crippen LogP contribution in [0.15, 0.2) is 77.3 Å². The van der Waals surface area contributed by atoms with Crippen molar-refractivity contribution >= 4 is 23.3 Å². The van der Waals surface area contributed by atoms with Gasteiger partial charge in [-0.15, -0.1) is 0 Å². The second-order valence-corrected chi connectivity index (χ2v) is 10.8. The highest BCUT2D eigenvalue weighted by molar-refractivity contribution is 6.30. The maximum absolute atomic E-state index is 14.4. The lowest BCUT2D eigenvalue weighted by Crippen LogP contribution is -2.48. The fourth-order valence-electron chi connectivity index (χ4n) is 4.55. The number of nitrogens with one attached hydrogen (secondary N) is 1. The number of hydrogen-bond acceptors (Lipinski definition) is 6. The summed E-state index contributed by atoms with van der Waals surface area (Å²) in [5.41, 5.74) is 2.10. The highest BCUT2D eigenvalue weighted by Gasteiger charge is 2.36. The van der Waals surface area contributed by atoms with E-state index in [1.807, 2.05) is 57.2 Å². The second kappa shape index (κ2) is 13.7. The molecule has 0 bridgehead atoms. The summed E-state index contributed by atoms with van der Waals surface area (Å²) < 4.78 is 30.4. The molecule has 4 aromatic rings. The van der Waals surface area contributed by atoms with Crippen LogP contribution in [0.2, 0.25) is 5.02 Å². The number of ketones is 1. The lowest BCUT2D eigenvalue weighted by molar-refractivity contribution is -0.130. The van der Waals surface area contributed by atoms with E-state index in [-0.39, 0.29) is 36.3 Å². The average molecular weight is 593 g/mol. The van der Waals surface area contributed by atoms with Gasteiger partial charge in [-0.25, -0.2) is 4.39 Å². The standard InChI is InChI=1S/C33H34ClFN2O5/c1-5-33(3,6-2)31(38)28(17-21-7-11-23(12-8-21)26-18-24(34)13-16-27(26)35)36-32(39)29-19-30(37-42-29)41-20-22-9-14-25(40-4)15-10-22/h7-16,18-19,28H,5-6,17,20H2,1-4H3,(H,36,39)/t28-/m1/s1. The van der Waals surface area contributed by atoms with Gasteiger partial charge in [0.15, 0.2) is 5.78 Å². The van der Waals surface area contributed by atoms with E-state index < -0.39 is 17.4 Å². The molecule has 42 heavy (non-hydrogen) atoms. The molecule has 9 heteroatoms. The van der Waals surface area contributed by atoms with Crippen LogP contribution in [0.5, 0.6) is 11.6 Å². The number of ether oxygens (including phenoxy) is 2. The quantitative estimate of drug-likeness (QED) is 0.173. The number of amides is 1. The van der Waals surface area contributed by atoms with Gasteiger partial charge in [-0.05, 0) is 71.4 Å². The molecule has 0 saturated carbocycles. The van der Waals surface area contributed by atoms with E-state index in [2.05, 4.69) is 10.5 Å². The fraction of sp³-hybridized carbons (Fsp3) is 0.303. The Morgan fingerprint density at radius 1 is 1.00 bits per heavy atom. The molecule has 1 atom stereocenters. The summed E-state index contributed by atoms with van der Waals surface area (Å²) in [6, 6.07) is 19.5. The van der Waals surface area contributed by atoms with Crippen molar-refractivity contribution in [3.8, 4) is 22.8 Å². The van der Waals surface area contributed by atoms with Crippen LogP contribution >= 0.6 is 11.6 Å². The zero-order valence-corrected chi connectivity index (χ0v) is 24.8. The number of hydrogen-bond donors (Lipinski definition) is 1. The normalized spacial score (nSPS) is 12.0. The number of halogens is 2. The summed E-state index contributed by atoms with van der Waals surface area (Å²) >= 11 is 6.06. The molecular weight excluding hydrogens is 559 g/mol. The van der Waals surface area contributed by atoms with Crippen molar-refractivity contribution in [2.24, 2.45) is 5.41 Å². The topological polar surface area (TPSA) is 90.7 Å². The number of aromatic nitrogens is 1. The van der Waals surface area contributed by atoms with Crippen LogP contribution in [0.25, 0.3) is 11.1 Å². The van der Waals surface area contributed by atoms with E-state index >= 15 is 0 Å². The number of rotatable bonds is 13. The molecule has 1 amide bonds. The first-order valence-corrected chi connectivity index (χ1v) is 14.2. The fourth-order valence-corrected chi connectivity index (χ4v) is 4.72. The summed E-state index contributed by atoms with van der Waals surface area (Å²) in [6.07, 6.45) is 1.48. The summed E-state index contributed by atoms with van der Waals surface area (Å²) in [5.74, 6) is -0.229. The monoisotopic (exact) mass is 592 g/mol. The van der Waals surface area contributed by atoms with Crippen LogP contribution in [0.4, 0.5) is 4.39 Å². The van der Waals surface area contributed by atoms with Crippen LogP contribution in [0.1, 0.15) is 55.3 Å². The molecule has 0 aliphatic carbocycles. The third-order valence-corrected chi connectivity index (χ3v) is 7.90. The van der Waals surface area contributed by atoms with Gasteiger partial charge < -0.3 is 19.3 Å². The van der Waals surface area contributed by atoms with Gasteiger partial charge in [-0.2, -0.15) is 0 Å². The first kappa shape index (κ1) is 30.8. The van der Waals surface area contributed by atoms with Crippen LogP contribution in [-0.2, 0) is 17.8 Å². The summed E-state index contributed by atoms with van der Waals surface area (Å²) in [6.45, 7) is 6.03. The molecule has 0 aliphatic rings. The molecule has 0 spiro atoms. The molecule has 7 nitrogen and oxygen atoms in total.